The molecule has 1 aliphatic rings. The van der Waals surface area contributed by atoms with Gasteiger partial charge in [-0.3, -0.25) is 14.9 Å². The zero-order chi connectivity index (χ0) is 16.3. The Morgan fingerprint density at radius 1 is 1.30 bits per heavy atom. The van der Waals surface area contributed by atoms with Crippen LogP contribution in [-0.4, -0.2) is 16.9 Å². The van der Waals surface area contributed by atoms with Crippen LogP contribution < -0.4 is 11.1 Å². The van der Waals surface area contributed by atoms with Gasteiger partial charge in [0.1, 0.15) is 0 Å². The Kier molecular flexibility index (Phi) is 6.53. The van der Waals surface area contributed by atoms with Crippen molar-refractivity contribution < 1.29 is 9.72 Å². The predicted molar refractivity (Wildman–Crippen MR) is 91.4 cm³/mol. The van der Waals surface area contributed by atoms with Crippen LogP contribution in [-0.2, 0) is 10.3 Å². The molecule has 0 bridgehead atoms. The van der Waals surface area contributed by atoms with E-state index in [0.717, 1.165) is 31.2 Å². The number of non-ortho nitro benzene ring substituents is 1. The van der Waals surface area contributed by atoms with Gasteiger partial charge in [-0.05, 0) is 50.8 Å². The van der Waals surface area contributed by atoms with Crippen LogP contribution in [0.1, 0.15) is 45.1 Å². The average molecular weight is 342 g/mol. The normalized spacial score (nSPS) is 21.2. The summed E-state index contributed by atoms with van der Waals surface area (Å²) in [6.07, 6.45) is 3.56. The minimum Gasteiger partial charge on any atom is -0.347 e. The average Bonchev–Trinajstić information content (AvgIpc) is 2.47. The van der Waals surface area contributed by atoms with Crippen molar-refractivity contribution in [1.82, 2.24) is 5.32 Å². The maximum absolute atomic E-state index is 12.4. The molecule has 0 radical (unpaired) electrons. The zero-order valence-electron chi connectivity index (χ0n) is 13.5. The zero-order valence-corrected chi connectivity index (χ0v) is 14.3. The van der Waals surface area contributed by atoms with Gasteiger partial charge in [-0.1, -0.05) is 6.42 Å². The van der Waals surface area contributed by atoms with Crippen LogP contribution in [0, 0.1) is 16.0 Å². The van der Waals surface area contributed by atoms with Crippen molar-refractivity contribution in [3.8, 4) is 0 Å². The van der Waals surface area contributed by atoms with Crippen LogP contribution in [0.3, 0.4) is 0 Å². The number of hydrogen-bond donors (Lipinski definition) is 2. The van der Waals surface area contributed by atoms with Crippen molar-refractivity contribution in [2.75, 3.05) is 0 Å². The first-order valence-electron chi connectivity index (χ1n) is 7.62. The van der Waals surface area contributed by atoms with Crippen LogP contribution >= 0.6 is 12.4 Å². The second kappa shape index (κ2) is 7.75. The lowest BCUT2D eigenvalue weighted by Gasteiger charge is -2.32. The lowest BCUT2D eigenvalue weighted by atomic mass is 9.84. The molecule has 1 fully saturated rings. The molecule has 2 unspecified atom stereocenters. The largest absolute Gasteiger partial charge is 0.347 e. The Labute approximate surface area is 142 Å². The van der Waals surface area contributed by atoms with Crippen molar-refractivity contribution in [3.05, 3.63) is 39.9 Å². The lowest BCUT2D eigenvalue weighted by Crippen LogP contribution is -2.46. The first-order chi connectivity index (χ1) is 10.3. The van der Waals surface area contributed by atoms with Gasteiger partial charge in [0.25, 0.3) is 5.69 Å². The number of carbonyl (C=O) groups is 1. The fourth-order valence-corrected chi connectivity index (χ4v) is 2.95. The molecule has 1 aromatic rings. The van der Waals surface area contributed by atoms with E-state index in [9.17, 15) is 14.9 Å². The summed E-state index contributed by atoms with van der Waals surface area (Å²) in [5, 5.41) is 13.7. The highest BCUT2D eigenvalue weighted by molar-refractivity contribution is 5.85. The standard InChI is InChI=1S/C16H23N3O3.ClH/c1-16(2,12-6-8-14(9-7-12)19(21)22)18-15(20)11-4-3-5-13(17)10-11;/h6-9,11,13H,3-5,10,17H2,1-2H3,(H,18,20);1H. The summed E-state index contributed by atoms with van der Waals surface area (Å²) < 4.78 is 0. The van der Waals surface area contributed by atoms with E-state index < -0.39 is 10.5 Å². The molecule has 2 rings (SSSR count). The first kappa shape index (κ1) is 19.4. The molecule has 1 aromatic carbocycles. The van der Waals surface area contributed by atoms with Crippen LogP contribution in [0.15, 0.2) is 24.3 Å². The molecule has 23 heavy (non-hydrogen) atoms. The first-order valence-corrected chi connectivity index (χ1v) is 7.62. The predicted octanol–water partition coefficient (Wildman–Crippen LogP) is 2.89. The third-order valence-corrected chi connectivity index (χ3v) is 4.32. The summed E-state index contributed by atoms with van der Waals surface area (Å²) in [6, 6.07) is 6.39. The van der Waals surface area contributed by atoms with E-state index in [2.05, 4.69) is 5.32 Å². The van der Waals surface area contributed by atoms with E-state index in [0.29, 0.717) is 0 Å². The van der Waals surface area contributed by atoms with Crippen molar-refractivity contribution >= 4 is 24.0 Å². The molecule has 0 spiro atoms. The highest BCUT2D eigenvalue weighted by Crippen LogP contribution is 2.27. The summed E-state index contributed by atoms with van der Waals surface area (Å²) >= 11 is 0. The number of nitrogens with two attached hydrogens (primary N) is 1. The Morgan fingerprint density at radius 2 is 1.91 bits per heavy atom. The number of nitro groups is 1. The van der Waals surface area contributed by atoms with Crippen molar-refractivity contribution in [2.45, 2.75) is 51.1 Å². The maximum atomic E-state index is 12.4. The van der Waals surface area contributed by atoms with Crippen LogP contribution in [0.4, 0.5) is 5.69 Å². The second-order valence-corrected chi connectivity index (χ2v) is 6.54. The summed E-state index contributed by atoms with van der Waals surface area (Å²) in [6.45, 7) is 3.80. The van der Waals surface area contributed by atoms with E-state index in [-0.39, 0.29) is 36.0 Å². The van der Waals surface area contributed by atoms with Gasteiger partial charge in [0.05, 0.1) is 10.5 Å². The Balaban J connectivity index is 0.00000264. The van der Waals surface area contributed by atoms with Crippen molar-refractivity contribution in [2.24, 2.45) is 11.7 Å². The van der Waals surface area contributed by atoms with E-state index in [1.54, 1.807) is 12.1 Å². The maximum Gasteiger partial charge on any atom is 0.269 e. The molecule has 3 N–H and O–H groups in total. The highest BCUT2D eigenvalue weighted by atomic mass is 35.5. The molecule has 0 aliphatic heterocycles. The number of nitrogens with one attached hydrogen (secondary N) is 1. The third kappa shape index (κ3) is 4.91. The van der Waals surface area contributed by atoms with Gasteiger partial charge in [0.15, 0.2) is 0 Å². The Bertz CT molecular complexity index is 560. The molecule has 128 valence electrons. The molecule has 1 aliphatic carbocycles. The molecule has 1 saturated carbocycles. The number of carbonyl (C=O) groups excluding carboxylic acids is 1. The van der Waals surface area contributed by atoms with Crippen molar-refractivity contribution in [3.63, 3.8) is 0 Å². The molecule has 0 aromatic heterocycles. The SMILES string of the molecule is CC(C)(NC(=O)C1CCCC(N)C1)c1ccc([N+](=O)[O-])cc1.Cl. The number of halogens is 1. The minimum atomic E-state index is -0.576. The van der Waals surface area contributed by atoms with E-state index in [1.807, 2.05) is 13.8 Å². The minimum absolute atomic E-state index is 0. The molecule has 0 saturated heterocycles. The van der Waals surface area contributed by atoms with Gasteiger partial charge in [-0.15, -0.1) is 12.4 Å². The monoisotopic (exact) mass is 341 g/mol. The Hall–Kier alpha value is -1.66. The Morgan fingerprint density at radius 3 is 2.43 bits per heavy atom. The second-order valence-electron chi connectivity index (χ2n) is 6.54. The summed E-state index contributed by atoms with van der Waals surface area (Å²) in [4.78, 5) is 22.7. The molecular weight excluding hydrogens is 318 g/mol. The van der Waals surface area contributed by atoms with Gasteiger partial charge in [0, 0.05) is 24.1 Å². The number of nitrogens with zero attached hydrogens (tertiary/aromatic N) is 1. The molecule has 1 amide bonds. The molecule has 6 nitrogen and oxygen atoms in total. The van der Waals surface area contributed by atoms with Crippen LogP contribution in [0.25, 0.3) is 0 Å². The summed E-state index contributed by atoms with van der Waals surface area (Å²) in [7, 11) is 0. The number of hydrogen-bond acceptors (Lipinski definition) is 4. The topological polar surface area (TPSA) is 98.3 Å². The molecule has 0 heterocycles. The summed E-state index contributed by atoms with van der Waals surface area (Å²) in [5.41, 5.74) is 6.25. The highest BCUT2D eigenvalue weighted by Gasteiger charge is 2.30. The third-order valence-electron chi connectivity index (χ3n) is 4.32. The molecular formula is C16H24ClN3O3. The summed E-state index contributed by atoms with van der Waals surface area (Å²) in [5.74, 6) is -0.0282. The number of nitro benzene ring substituents is 1. The van der Waals surface area contributed by atoms with Crippen LogP contribution in [0.2, 0.25) is 0 Å². The fraction of sp³-hybridized carbons (Fsp3) is 0.562. The van der Waals surface area contributed by atoms with Crippen molar-refractivity contribution in [1.29, 1.82) is 0 Å². The van der Waals surface area contributed by atoms with E-state index in [1.165, 1.54) is 12.1 Å². The van der Waals surface area contributed by atoms with Gasteiger partial charge in [0.2, 0.25) is 5.91 Å². The van der Waals surface area contributed by atoms with Crippen LogP contribution in [0.5, 0.6) is 0 Å². The van der Waals surface area contributed by atoms with E-state index >= 15 is 0 Å². The van der Waals surface area contributed by atoms with Gasteiger partial charge in [-0.25, -0.2) is 0 Å². The van der Waals surface area contributed by atoms with Gasteiger partial charge < -0.3 is 11.1 Å². The molecule has 2 atom stereocenters. The number of benzene rings is 1. The van der Waals surface area contributed by atoms with Gasteiger partial charge in [-0.2, -0.15) is 0 Å². The quantitative estimate of drug-likeness (QED) is 0.649. The fourth-order valence-electron chi connectivity index (χ4n) is 2.95. The van der Waals surface area contributed by atoms with Gasteiger partial charge >= 0.3 is 0 Å². The number of amides is 1. The molecule has 7 heteroatoms. The van der Waals surface area contributed by atoms with E-state index in [4.69, 9.17) is 5.73 Å². The number of rotatable bonds is 4. The smallest absolute Gasteiger partial charge is 0.269 e. The lowest BCUT2D eigenvalue weighted by molar-refractivity contribution is -0.384.